The van der Waals surface area contributed by atoms with E-state index in [2.05, 4.69) is 0 Å². The number of carbonyl (C=O) groups excluding carboxylic acids is 1. The van der Waals surface area contributed by atoms with E-state index >= 15 is 0 Å². The summed E-state index contributed by atoms with van der Waals surface area (Å²) in [4.78, 5) is 38.6. The molecule has 138 valence electrons. The highest BCUT2D eigenvalue weighted by atomic mass is 16.2. The quantitative estimate of drug-likeness (QED) is 0.774. The van der Waals surface area contributed by atoms with Gasteiger partial charge in [0.2, 0.25) is 5.91 Å². The first kappa shape index (κ1) is 17.9. The number of nitrogens with two attached hydrogens (primary N) is 2. The molecule has 1 aliphatic heterocycles. The fourth-order valence-electron chi connectivity index (χ4n) is 3.36. The second-order valence-corrected chi connectivity index (χ2v) is 6.64. The van der Waals surface area contributed by atoms with Crippen molar-refractivity contribution < 1.29 is 4.79 Å². The molecule has 0 bridgehead atoms. The number of piperidine rings is 1. The van der Waals surface area contributed by atoms with E-state index in [1.807, 2.05) is 4.90 Å². The lowest BCUT2D eigenvalue weighted by molar-refractivity contribution is 0.0999. The molecule has 1 aromatic heterocycles. The summed E-state index contributed by atoms with van der Waals surface area (Å²) in [6.07, 6.45) is 1.80. The van der Waals surface area contributed by atoms with Gasteiger partial charge in [0.05, 0.1) is 6.54 Å². The van der Waals surface area contributed by atoms with E-state index in [1.165, 1.54) is 17.7 Å². The average molecular weight is 357 g/mol. The van der Waals surface area contributed by atoms with Gasteiger partial charge >= 0.3 is 5.69 Å². The van der Waals surface area contributed by atoms with Gasteiger partial charge in [0.15, 0.2) is 0 Å². The van der Waals surface area contributed by atoms with Crippen molar-refractivity contribution in [1.82, 2.24) is 9.13 Å². The number of aromatic nitrogens is 2. The molecule has 1 atom stereocenters. The summed E-state index contributed by atoms with van der Waals surface area (Å²) in [5.74, 6) is -0.0347. The summed E-state index contributed by atoms with van der Waals surface area (Å²) >= 11 is 0. The number of hydrogen-bond acceptors (Lipinski definition) is 5. The zero-order valence-electron chi connectivity index (χ0n) is 14.7. The Hall–Kier alpha value is -2.87. The summed E-state index contributed by atoms with van der Waals surface area (Å²) in [6, 6.07) is 8.33. The predicted octanol–water partition coefficient (Wildman–Crippen LogP) is -0.378. The van der Waals surface area contributed by atoms with E-state index in [1.54, 1.807) is 24.3 Å². The van der Waals surface area contributed by atoms with E-state index in [0.717, 1.165) is 24.0 Å². The predicted molar refractivity (Wildman–Crippen MR) is 99.4 cm³/mol. The Balaban J connectivity index is 2.12. The number of nitrogens with zero attached hydrogens (tertiary/aromatic N) is 3. The largest absolute Gasteiger partial charge is 0.366 e. The van der Waals surface area contributed by atoms with Crippen LogP contribution in [0.25, 0.3) is 0 Å². The molecule has 0 aliphatic carbocycles. The molecule has 8 heteroatoms. The van der Waals surface area contributed by atoms with E-state index in [0.29, 0.717) is 23.5 Å². The molecule has 0 saturated carbocycles. The van der Waals surface area contributed by atoms with Crippen LogP contribution in [-0.4, -0.2) is 34.2 Å². The maximum Gasteiger partial charge on any atom is 0.332 e. The molecule has 1 amide bonds. The van der Waals surface area contributed by atoms with Gasteiger partial charge in [0.25, 0.3) is 5.56 Å². The molecule has 4 N–H and O–H groups in total. The smallest absolute Gasteiger partial charge is 0.332 e. The summed E-state index contributed by atoms with van der Waals surface area (Å²) in [6.45, 7) is 1.44. The van der Waals surface area contributed by atoms with Crippen molar-refractivity contribution in [1.29, 1.82) is 0 Å². The molecule has 2 heterocycles. The Kier molecular flexibility index (Phi) is 4.94. The summed E-state index contributed by atoms with van der Waals surface area (Å²) < 4.78 is 2.56. The zero-order chi connectivity index (χ0) is 18.8. The number of primary amides is 1. The Morgan fingerprint density at radius 1 is 1.27 bits per heavy atom. The molecule has 26 heavy (non-hydrogen) atoms. The third-order valence-corrected chi connectivity index (χ3v) is 4.77. The molecular formula is C18H23N5O3. The van der Waals surface area contributed by atoms with Gasteiger partial charge in [0.1, 0.15) is 5.82 Å². The van der Waals surface area contributed by atoms with Crippen LogP contribution in [0.3, 0.4) is 0 Å². The van der Waals surface area contributed by atoms with Crippen LogP contribution in [0, 0.1) is 0 Å². The van der Waals surface area contributed by atoms with Crippen LogP contribution in [0.1, 0.15) is 28.8 Å². The SMILES string of the molecule is Cn1c(=O)cc(N2CCC[C@H](N)C2)n(Cc2ccccc2C(N)=O)c1=O. The van der Waals surface area contributed by atoms with Crippen molar-refractivity contribution in [2.75, 3.05) is 18.0 Å². The first-order valence-electron chi connectivity index (χ1n) is 8.57. The number of carbonyl (C=O) groups is 1. The minimum absolute atomic E-state index is 0.00531. The van der Waals surface area contributed by atoms with Crippen molar-refractivity contribution in [2.45, 2.75) is 25.4 Å². The van der Waals surface area contributed by atoms with Crippen LogP contribution >= 0.6 is 0 Å². The maximum atomic E-state index is 12.8. The Morgan fingerprint density at radius 2 is 2.00 bits per heavy atom. The molecule has 3 rings (SSSR count). The van der Waals surface area contributed by atoms with Gasteiger partial charge in [0, 0.05) is 37.8 Å². The van der Waals surface area contributed by atoms with Crippen LogP contribution in [0.5, 0.6) is 0 Å². The number of anilines is 1. The van der Waals surface area contributed by atoms with Crippen LogP contribution in [-0.2, 0) is 13.6 Å². The van der Waals surface area contributed by atoms with Crippen LogP contribution in [0.2, 0.25) is 0 Å². The minimum Gasteiger partial charge on any atom is -0.366 e. The van der Waals surface area contributed by atoms with Gasteiger partial charge in [-0.3, -0.25) is 18.7 Å². The lowest BCUT2D eigenvalue weighted by Gasteiger charge is -2.34. The van der Waals surface area contributed by atoms with Crippen molar-refractivity contribution in [2.24, 2.45) is 18.5 Å². The van der Waals surface area contributed by atoms with E-state index in [4.69, 9.17) is 11.5 Å². The van der Waals surface area contributed by atoms with Gasteiger partial charge in [-0.2, -0.15) is 0 Å². The average Bonchev–Trinajstić information content (AvgIpc) is 2.62. The van der Waals surface area contributed by atoms with E-state index in [-0.39, 0.29) is 18.1 Å². The summed E-state index contributed by atoms with van der Waals surface area (Å²) in [5, 5.41) is 0. The van der Waals surface area contributed by atoms with Crippen LogP contribution in [0.4, 0.5) is 5.82 Å². The van der Waals surface area contributed by atoms with Crippen molar-refractivity contribution in [3.63, 3.8) is 0 Å². The molecule has 8 nitrogen and oxygen atoms in total. The number of benzene rings is 1. The van der Waals surface area contributed by atoms with Crippen molar-refractivity contribution in [3.8, 4) is 0 Å². The topological polar surface area (TPSA) is 116 Å². The normalized spacial score (nSPS) is 17.3. The van der Waals surface area contributed by atoms with Gasteiger partial charge in [-0.25, -0.2) is 4.79 Å². The second kappa shape index (κ2) is 7.17. The van der Waals surface area contributed by atoms with Crippen molar-refractivity contribution in [3.05, 3.63) is 62.3 Å². The van der Waals surface area contributed by atoms with Crippen molar-refractivity contribution >= 4 is 11.7 Å². The highest BCUT2D eigenvalue weighted by molar-refractivity contribution is 5.94. The molecule has 1 saturated heterocycles. The monoisotopic (exact) mass is 357 g/mol. The molecule has 1 fully saturated rings. The number of rotatable bonds is 4. The molecule has 0 spiro atoms. The standard InChI is InChI=1S/C18H23N5O3/c1-21-16(24)9-15(22-8-4-6-13(19)11-22)23(18(21)26)10-12-5-2-3-7-14(12)17(20)25/h2-3,5,7,9,13H,4,6,8,10-11,19H2,1H3,(H2,20,25)/t13-/m0/s1. The van der Waals surface area contributed by atoms with Gasteiger partial charge in [-0.15, -0.1) is 0 Å². The Bertz CT molecular complexity index is 947. The van der Waals surface area contributed by atoms with Gasteiger partial charge in [-0.05, 0) is 24.5 Å². The summed E-state index contributed by atoms with van der Waals surface area (Å²) in [7, 11) is 1.44. The van der Waals surface area contributed by atoms with Gasteiger partial charge in [-0.1, -0.05) is 18.2 Å². The van der Waals surface area contributed by atoms with Gasteiger partial charge < -0.3 is 16.4 Å². The third kappa shape index (κ3) is 3.41. The Labute approximate surface area is 150 Å². The highest BCUT2D eigenvalue weighted by Crippen LogP contribution is 2.19. The lowest BCUT2D eigenvalue weighted by atomic mass is 10.1. The highest BCUT2D eigenvalue weighted by Gasteiger charge is 2.22. The number of hydrogen-bond donors (Lipinski definition) is 2. The molecular weight excluding hydrogens is 334 g/mol. The fourth-order valence-corrected chi connectivity index (χ4v) is 3.36. The molecule has 1 aromatic carbocycles. The molecule has 2 aromatic rings. The lowest BCUT2D eigenvalue weighted by Crippen LogP contribution is -2.47. The molecule has 0 radical (unpaired) electrons. The van der Waals surface area contributed by atoms with Crippen LogP contribution < -0.4 is 27.6 Å². The zero-order valence-corrected chi connectivity index (χ0v) is 14.7. The first-order valence-corrected chi connectivity index (χ1v) is 8.57. The molecule has 0 unspecified atom stereocenters. The minimum atomic E-state index is -0.556. The first-order chi connectivity index (χ1) is 12.4. The number of amides is 1. The Morgan fingerprint density at radius 3 is 2.69 bits per heavy atom. The third-order valence-electron chi connectivity index (χ3n) is 4.77. The maximum absolute atomic E-state index is 12.8. The van der Waals surface area contributed by atoms with E-state index in [9.17, 15) is 14.4 Å². The molecule has 1 aliphatic rings. The van der Waals surface area contributed by atoms with Crippen LogP contribution in [0.15, 0.2) is 39.9 Å². The fraction of sp³-hybridized carbons (Fsp3) is 0.389. The second-order valence-electron chi connectivity index (χ2n) is 6.64. The van der Waals surface area contributed by atoms with E-state index < -0.39 is 11.6 Å². The summed E-state index contributed by atoms with van der Waals surface area (Å²) in [5.41, 5.74) is 11.7.